The lowest BCUT2D eigenvalue weighted by molar-refractivity contribution is -0.121. The normalized spacial score (nSPS) is 11.1. The van der Waals surface area contributed by atoms with Crippen molar-refractivity contribution in [3.8, 4) is 5.75 Å². The number of carbonyl (C=O) groups is 1. The van der Waals surface area contributed by atoms with Crippen LogP contribution in [0.4, 0.5) is 0 Å². The maximum atomic E-state index is 12.2. The van der Waals surface area contributed by atoms with Gasteiger partial charge in [0.15, 0.2) is 0 Å². The molecule has 5 heteroatoms. The second kappa shape index (κ2) is 12.9. The molecule has 0 aliphatic heterocycles. The van der Waals surface area contributed by atoms with Crippen LogP contribution in [0.15, 0.2) is 72.8 Å². The summed E-state index contributed by atoms with van der Waals surface area (Å²) in [5.41, 5.74) is 5.84. The van der Waals surface area contributed by atoms with Crippen LogP contribution in [-0.2, 0) is 24.2 Å². The minimum Gasteiger partial charge on any atom is -0.493 e. The highest BCUT2D eigenvalue weighted by atomic mass is 16.5. The van der Waals surface area contributed by atoms with Gasteiger partial charge in [0.1, 0.15) is 11.6 Å². The molecule has 0 aliphatic carbocycles. The minimum atomic E-state index is 0.108. The van der Waals surface area contributed by atoms with Crippen molar-refractivity contribution in [1.29, 1.82) is 0 Å². The molecule has 4 aromatic rings. The first-order chi connectivity index (χ1) is 17.6. The van der Waals surface area contributed by atoms with Gasteiger partial charge in [-0.1, -0.05) is 60.2 Å². The number of ether oxygens (including phenoxy) is 1. The van der Waals surface area contributed by atoms with E-state index in [1.54, 1.807) is 0 Å². The van der Waals surface area contributed by atoms with Crippen LogP contribution in [0.2, 0.25) is 0 Å². The van der Waals surface area contributed by atoms with E-state index in [0.717, 1.165) is 55.7 Å². The highest BCUT2D eigenvalue weighted by Gasteiger charge is 2.11. The summed E-state index contributed by atoms with van der Waals surface area (Å²) in [5, 5.41) is 3.07. The van der Waals surface area contributed by atoms with Crippen molar-refractivity contribution >= 4 is 16.9 Å². The molecule has 0 bridgehead atoms. The van der Waals surface area contributed by atoms with Gasteiger partial charge >= 0.3 is 0 Å². The summed E-state index contributed by atoms with van der Waals surface area (Å²) in [6.07, 6.45) is 5.01. The van der Waals surface area contributed by atoms with Crippen molar-refractivity contribution in [3.05, 3.63) is 95.3 Å². The van der Waals surface area contributed by atoms with Gasteiger partial charge in [-0.25, -0.2) is 4.98 Å². The molecule has 0 fully saturated rings. The van der Waals surface area contributed by atoms with Crippen LogP contribution in [0.25, 0.3) is 11.0 Å². The van der Waals surface area contributed by atoms with Gasteiger partial charge in [-0.3, -0.25) is 4.79 Å². The zero-order chi connectivity index (χ0) is 25.2. The third-order valence-corrected chi connectivity index (χ3v) is 6.48. The summed E-state index contributed by atoms with van der Waals surface area (Å²) >= 11 is 0. The van der Waals surface area contributed by atoms with Crippen molar-refractivity contribution in [2.24, 2.45) is 0 Å². The van der Waals surface area contributed by atoms with Gasteiger partial charge in [0.2, 0.25) is 5.91 Å². The summed E-state index contributed by atoms with van der Waals surface area (Å²) in [7, 11) is 0. The molecule has 5 nitrogen and oxygen atoms in total. The number of imidazole rings is 1. The number of nitrogens with one attached hydrogen (secondary N) is 1. The Labute approximate surface area is 214 Å². The molecule has 36 heavy (non-hydrogen) atoms. The van der Waals surface area contributed by atoms with Crippen molar-refractivity contribution in [1.82, 2.24) is 14.9 Å². The fourth-order valence-electron chi connectivity index (χ4n) is 4.55. The monoisotopic (exact) mass is 483 g/mol. The van der Waals surface area contributed by atoms with E-state index in [0.29, 0.717) is 19.6 Å². The smallest absolute Gasteiger partial charge is 0.220 e. The predicted octanol–water partition coefficient (Wildman–Crippen LogP) is 6.19. The lowest BCUT2D eigenvalue weighted by Gasteiger charge is -2.12. The van der Waals surface area contributed by atoms with Crippen LogP contribution in [0.1, 0.15) is 48.2 Å². The maximum Gasteiger partial charge on any atom is 0.220 e. The molecular weight excluding hydrogens is 446 g/mol. The Bertz CT molecular complexity index is 1260. The molecule has 4 rings (SSSR count). The van der Waals surface area contributed by atoms with Gasteiger partial charge in [-0.05, 0) is 68.9 Å². The van der Waals surface area contributed by atoms with Crippen LogP contribution in [0.3, 0.4) is 0 Å². The van der Waals surface area contributed by atoms with Crippen molar-refractivity contribution < 1.29 is 9.53 Å². The van der Waals surface area contributed by atoms with Crippen molar-refractivity contribution in [3.63, 3.8) is 0 Å². The molecule has 1 heterocycles. The SMILES string of the molecule is Cc1ccc(OCCCCn2c(CCCNC(=O)CCc3ccccc3)nc3ccccc32)c(C)c1. The number of aromatic nitrogens is 2. The Kier molecular flexibility index (Phi) is 9.15. The zero-order valence-electron chi connectivity index (χ0n) is 21.5. The van der Waals surface area contributed by atoms with Gasteiger partial charge in [0.25, 0.3) is 0 Å². The summed E-state index contributed by atoms with van der Waals surface area (Å²) in [5.74, 6) is 2.17. The number of rotatable bonds is 13. The molecule has 1 aromatic heterocycles. The van der Waals surface area contributed by atoms with E-state index in [-0.39, 0.29) is 5.91 Å². The van der Waals surface area contributed by atoms with E-state index in [1.807, 2.05) is 24.3 Å². The zero-order valence-corrected chi connectivity index (χ0v) is 21.5. The average Bonchev–Trinajstić information content (AvgIpc) is 3.24. The van der Waals surface area contributed by atoms with Crippen LogP contribution < -0.4 is 10.1 Å². The van der Waals surface area contributed by atoms with E-state index in [2.05, 4.69) is 72.3 Å². The number of unbranched alkanes of at least 4 members (excludes halogenated alkanes) is 1. The molecule has 1 amide bonds. The van der Waals surface area contributed by atoms with E-state index in [4.69, 9.17) is 9.72 Å². The third kappa shape index (κ3) is 7.20. The number of amides is 1. The van der Waals surface area contributed by atoms with E-state index < -0.39 is 0 Å². The van der Waals surface area contributed by atoms with Gasteiger partial charge in [-0.15, -0.1) is 0 Å². The lowest BCUT2D eigenvalue weighted by Crippen LogP contribution is -2.25. The van der Waals surface area contributed by atoms with Gasteiger partial charge in [-0.2, -0.15) is 0 Å². The first-order valence-electron chi connectivity index (χ1n) is 13.0. The molecule has 0 aliphatic rings. The maximum absolute atomic E-state index is 12.2. The quantitative estimate of drug-likeness (QED) is 0.231. The molecule has 0 saturated heterocycles. The number of nitrogens with zero attached hydrogens (tertiary/aromatic N) is 2. The third-order valence-electron chi connectivity index (χ3n) is 6.48. The summed E-state index contributed by atoms with van der Waals surface area (Å²) in [4.78, 5) is 17.1. The molecule has 0 saturated carbocycles. The van der Waals surface area contributed by atoms with Crippen LogP contribution in [-0.4, -0.2) is 28.6 Å². The van der Waals surface area contributed by atoms with Gasteiger partial charge in [0, 0.05) is 25.9 Å². The Morgan fingerprint density at radius 1 is 0.917 bits per heavy atom. The molecule has 0 spiro atoms. The molecule has 0 radical (unpaired) electrons. The number of benzene rings is 3. The Hall–Kier alpha value is -3.60. The summed E-state index contributed by atoms with van der Waals surface area (Å²) < 4.78 is 8.35. The number of carbonyl (C=O) groups excluding carboxylic acids is 1. The standard InChI is InChI=1S/C31H37N3O2/c1-24-16-18-29(25(2)23-24)36-22-9-8-21-34-28-14-7-6-13-27(28)33-30(34)15-10-20-32-31(35)19-17-26-11-4-3-5-12-26/h3-7,11-14,16,18,23H,8-10,15,17,19-22H2,1-2H3,(H,32,35). The second-order valence-electron chi connectivity index (χ2n) is 9.43. The van der Waals surface area contributed by atoms with Crippen LogP contribution in [0.5, 0.6) is 5.75 Å². The number of para-hydroxylation sites is 2. The fourth-order valence-corrected chi connectivity index (χ4v) is 4.55. The summed E-state index contributed by atoms with van der Waals surface area (Å²) in [6.45, 7) is 6.48. The van der Waals surface area contributed by atoms with E-state index >= 15 is 0 Å². The first kappa shape index (κ1) is 25.5. The Morgan fingerprint density at radius 3 is 2.56 bits per heavy atom. The number of hydrogen-bond donors (Lipinski definition) is 1. The van der Waals surface area contributed by atoms with Crippen LogP contribution in [0, 0.1) is 13.8 Å². The fraction of sp³-hybridized carbons (Fsp3) is 0.355. The molecular formula is C31H37N3O2. The minimum absolute atomic E-state index is 0.108. The Morgan fingerprint density at radius 2 is 1.72 bits per heavy atom. The molecule has 0 atom stereocenters. The number of aryl methyl sites for hydroxylation is 5. The molecule has 188 valence electrons. The van der Waals surface area contributed by atoms with Gasteiger partial charge in [0.05, 0.1) is 17.6 Å². The first-order valence-corrected chi connectivity index (χ1v) is 13.0. The predicted molar refractivity (Wildman–Crippen MR) is 146 cm³/mol. The van der Waals surface area contributed by atoms with E-state index in [1.165, 1.54) is 22.2 Å². The highest BCUT2D eigenvalue weighted by molar-refractivity contribution is 5.76. The number of fused-ring (bicyclic) bond motifs is 1. The molecule has 1 N–H and O–H groups in total. The molecule has 0 unspecified atom stereocenters. The van der Waals surface area contributed by atoms with Gasteiger partial charge < -0.3 is 14.6 Å². The van der Waals surface area contributed by atoms with Crippen molar-refractivity contribution in [2.45, 2.75) is 58.9 Å². The van der Waals surface area contributed by atoms with Crippen LogP contribution >= 0.6 is 0 Å². The Balaban J connectivity index is 1.24. The topological polar surface area (TPSA) is 56.1 Å². The average molecular weight is 484 g/mol. The van der Waals surface area contributed by atoms with Crippen molar-refractivity contribution in [2.75, 3.05) is 13.2 Å². The highest BCUT2D eigenvalue weighted by Crippen LogP contribution is 2.20. The summed E-state index contributed by atoms with van der Waals surface area (Å²) in [6, 6.07) is 24.8. The molecule has 3 aromatic carbocycles. The van der Waals surface area contributed by atoms with E-state index in [9.17, 15) is 4.79 Å². The number of hydrogen-bond acceptors (Lipinski definition) is 3. The second-order valence-corrected chi connectivity index (χ2v) is 9.43. The lowest BCUT2D eigenvalue weighted by atomic mass is 10.1. The largest absolute Gasteiger partial charge is 0.493 e.